The van der Waals surface area contributed by atoms with Crippen LogP contribution in [0.25, 0.3) is 0 Å². The standard InChI is InChI=1S/C14H18N6O/c1-8-13(9(2)17-7-16-8)14(21)15-5-11-4-12-19-18-10(3)20(12)6-11/h7,11H,4-6H2,1-3H3,(H,15,21). The summed E-state index contributed by atoms with van der Waals surface area (Å²) in [7, 11) is 0. The summed E-state index contributed by atoms with van der Waals surface area (Å²) in [4.78, 5) is 20.5. The van der Waals surface area contributed by atoms with E-state index in [1.54, 1.807) is 0 Å². The van der Waals surface area contributed by atoms with Gasteiger partial charge in [0.2, 0.25) is 0 Å². The number of hydrogen-bond donors (Lipinski definition) is 1. The van der Waals surface area contributed by atoms with E-state index in [4.69, 9.17) is 0 Å². The minimum Gasteiger partial charge on any atom is -0.352 e. The molecule has 2 aromatic rings. The smallest absolute Gasteiger partial charge is 0.254 e. The van der Waals surface area contributed by atoms with Crippen molar-refractivity contribution in [3.63, 3.8) is 0 Å². The number of carbonyl (C=O) groups excluding carboxylic acids is 1. The molecule has 1 amide bonds. The zero-order chi connectivity index (χ0) is 15.0. The van der Waals surface area contributed by atoms with E-state index >= 15 is 0 Å². The van der Waals surface area contributed by atoms with Crippen LogP contribution in [0.3, 0.4) is 0 Å². The summed E-state index contributed by atoms with van der Waals surface area (Å²) in [5.41, 5.74) is 1.99. The molecule has 1 aliphatic heterocycles. The third-order valence-corrected chi connectivity index (χ3v) is 3.93. The third kappa shape index (κ3) is 2.51. The minimum atomic E-state index is -0.106. The molecule has 0 bridgehead atoms. The van der Waals surface area contributed by atoms with Gasteiger partial charge in [-0.25, -0.2) is 9.97 Å². The van der Waals surface area contributed by atoms with Crippen molar-refractivity contribution in [3.8, 4) is 0 Å². The Bertz CT molecular complexity index is 673. The van der Waals surface area contributed by atoms with Gasteiger partial charge in [0.1, 0.15) is 18.0 Å². The first-order chi connectivity index (χ1) is 10.1. The maximum absolute atomic E-state index is 12.3. The van der Waals surface area contributed by atoms with E-state index < -0.39 is 0 Å². The van der Waals surface area contributed by atoms with Gasteiger partial charge in [-0.05, 0) is 20.8 Å². The second kappa shape index (κ2) is 5.23. The average Bonchev–Trinajstić information content (AvgIpc) is 2.99. The zero-order valence-electron chi connectivity index (χ0n) is 12.4. The van der Waals surface area contributed by atoms with Gasteiger partial charge >= 0.3 is 0 Å². The topological polar surface area (TPSA) is 85.6 Å². The normalized spacial score (nSPS) is 16.8. The van der Waals surface area contributed by atoms with Crippen molar-refractivity contribution in [2.75, 3.05) is 6.54 Å². The summed E-state index contributed by atoms with van der Waals surface area (Å²) in [6.07, 6.45) is 2.33. The fourth-order valence-electron chi connectivity index (χ4n) is 2.78. The molecule has 0 spiro atoms. The van der Waals surface area contributed by atoms with Crippen LogP contribution in [-0.4, -0.2) is 37.2 Å². The van der Waals surface area contributed by atoms with Crippen molar-refractivity contribution < 1.29 is 4.79 Å². The molecule has 3 rings (SSSR count). The van der Waals surface area contributed by atoms with Crippen LogP contribution in [0.1, 0.15) is 33.4 Å². The second-order valence-corrected chi connectivity index (χ2v) is 5.47. The van der Waals surface area contributed by atoms with E-state index in [1.807, 2.05) is 20.8 Å². The SMILES string of the molecule is Cc1ncnc(C)c1C(=O)NCC1Cc2nnc(C)n2C1. The molecule has 3 heterocycles. The first-order valence-electron chi connectivity index (χ1n) is 7.01. The van der Waals surface area contributed by atoms with E-state index in [-0.39, 0.29) is 5.91 Å². The summed E-state index contributed by atoms with van der Waals surface area (Å²) in [6, 6.07) is 0. The largest absolute Gasteiger partial charge is 0.352 e. The Hall–Kier alpha value is -2.31. The van der Waals surface area contributed by atoms with Gasteiger partial charge in [0, 0.05) is 25.4 Å². The second-order valence-electron chi connectivity index (χ2n) is 5.47. The number of carbonyl (C=O) groups is 1. The van der Waals surface area contributed by atoms with Gasteiger partial charge in [0.25, 0.3) is 5.91 Å². The Kier molecular flexibility index (Phi) is 3.40. The Balaban J connectivity index is 1.63. The number of fused-ring (bicyclic) bond motifs is 1. The van der Waals surface area contributed by atoms with Gasteiger partial charge in [0.05, 0.1) is 17.0 Å². The van der Waals surface area contributed by atoms with Crippen LogP contribution in [0.5, 0.6) is 0 Å². The van der Waals surface area contributed by atoms with Gasteiger partial charge in [-0.15, -0.1) is 10.2 Å². The monoisotopic (exact) mass is 286 g/mol. The van der Waals surface area contributed by atoms with Crippen LogP contribution >= 0.6 is 0 Å². The number of aryl methyl sites for hydroxylation is 3. The van der Waals surface area contributed by atoms with Crippen molar-refractivity contribution >= 4 is 5.91 Å². The Morgan fingerprint density at radius 3 is 2.67 bits per heavy atom. The molecule has 2 aromatic heterocycles. The van der Waals surface area contributed by atoms with Crippen LogP contribution in [0, 0.1) is 26.7 Å². The lowest BCUT2D eigenvalue weighted by Crippen LogP contribution is -2.31. The van der Waals surface area contributed by atoms with E-state index in [0.717, 1.165) is 24.6 Å². The lowest BCUT2D eigenvalue weighted by atomic mass is 10.1. The molecule has 110 valence electrons. The lowest BCUT2D eigenvalue weighted by Gasteiger charge is -2.12. The van der Waals surface area contributed by atoms with Gasteiger partial charge in [-0.2, -0.15) is 0 Å². The molecule has 1 N–H and O–H groups in total. The molecule has 0 radical (unpaired) electrons. The zero-order valence-corrected chi connectivity index (χ0v) is 12.4. The van der Waals surface area contributed by atoms with Crippen LogP contribution in [0.15, 0.2) is 6.33 Å². The minimum absolute atomic E-state index is 0.106. The summed E-state index contributed by atoms with van der Waals surface area (Å²) < 4.78 is 2.11. The molecule has 1 aliphatic rings. The molecule has 0 saturated carbocycles. The van der Waals surface area contributed by atoms with E-state index in [1.165, 1.54) is 6.33 Å². The van der Waals surface area contributed by atoms with Gasteiger partial charge in [0.15, 0.2) is 0 Å². The first kappa shape index (κ1) is 13.7. The molecule has 0 aromatic carbocycles. The molecule has 7 heteroatoms. The molecule has 0 saturated heterocycles. The molecule has 21 heavy (non-hydrogen) atoms. The van der Waals surface area contributed by atoms with Gasteiger partial charge in [-0.1, -0.05) is 0 Å². The molecule has 0 aliphatic carbocycles. The fourth-order valence-corrected chi connectivity index (χ4v) is 2.78. The maximum Gasteiger partial charge on any atom is 0.254 e. The molecule has 1 atom stereocenters. The molecule has 1 unspecified atom stereocenters. The first-order valence-corrected chi connectivity index (χ1v) is 7.01. The Morgan fingerprint density at radius 2 is 2.00 bits per heavy atom. The molecule has 0 fully saturated rings. The fraction of sp³-hybridized carbons (Fsp3) is 0.500. The third-order valence-electron chi connectivity index (χ3n) is 3.93. The number of aromatic nitrogens is 5. The van der Waals surface area contributed by atoms with E-state index in [0.29, 0.717) is 29.4 Å². The van der Waals surface area contributed by atoms with Crippen molar-refractivity contribution in [3.05, 3.63) is 34.9 Å². The highest BCUT2D eigenvalue weighted by Crippen LogP contribution is 2.19. The quantitative estimate of drug-likeness (QED) is 0.892. The number of nitrogens with one attached hydrogen (secondary N) is 1. The van der Waals surface area contributed by atoms with Crippen LogP contribution in [0.2, 0.25) is 0 Å². The van der Waals surface area contributed by atoms with Crippen molar-refractivity contribution in [2.24, 2.45) is 5.92 Å². The summed E-state index contributed by atoms with van der Waals surface area (Å²) >= 11 is 0. The van der Waals surface area contributed by atoms with Crippen molar-refractivity contribution in [1.29, 1.82) is 0 Å². The molecular formula is C14H18N6O. The predicted molar refractivity (Wildman–Crippen MR) is 75.8 cm³/mol. The number of nitrogens with zero attached hydrogens (tertiary/aromatic N) is 5. The van der Waals surface area contributed by atoms with Crippen LogP contribution in [-0.2, 0) is 13.0 Å². The van der Waals surface area contributed by atoms with Crippen molar-refractivity contribution in [1.82, 2.24) is 30.0 Å². The number of hydrogen-bond acceptors (Lipinski definition) is 5. The Morgan fingerprint density at radius 1 is 1.29 bits per heavy atom. The summed E-state index contributed by atoms with van der Waals surface area (Å²) in [5.74, 6) is 2.19. The number of rotatable bonds is 3. The number of amides is 1. The summed E-state index contributed by atoms with van der Waals surface area (Å²) in [6.45, 7) is 7.08. The van der Waals surface area contributed by atoms with Crippen LogP contribution in [0.4, 0.5) is 0 Å². The maximum atomic E-state index is 12.3. The van der Waals surface area contributed by atoms with Gasteiger partial charge in [-0.3, -0.25) is 4.79 Å². The van der Waals surface area contributed by atoms with Gasteiger partial charge < -0.3 is 9.88 Å². The van der Waals surface area contributed by atoms with E-state index in [9.17, 15) is 4.79 Å². The summed E-state index contributed by atoms with van der Waals surface area (Å²) in [5, 5.41) is 11.2. The Labute approximate surface area is 122 Å². The lowest BCUT2D eigenvalue weighted by molar-refractivity contribution is 0.0944. The highest BCUT2D eigenvalue weighted by molar-refractivity contribution is 5.96. The average molecular weight is 286 g/mol. The molecular weight excluding hydrogens is 268 g/mol. The van der Waals surface area contributed by atoms with Crippen LogP contribution < -0.4 is 5.32 Å². The highest BCUT2D eigenvalue weighted by atomic mass is 16.1. The molecule has 7 nitrogen and oxygen atoms in total. The van der Waals surface area contributed by atoms with Crippen molar-refractivity contribution in [2.45, 2.75) is 33.7 Å². The predicted octanol–water partition coefficient (Wildman–Crippen LogP) is 0.596. The highest BCUT2D eigenvalue weighted by Gasteiger charge is 2.25. The van der Waals surface area contributed by atoms with E-state index in [2.05, 4.69) is 30.0 Å².